The number of aryl methyl sites for hydroxylation is 1. The van der Waals surface area contributed by atoms with Crippen LogP contribution in [0.1, 0.15) is 38.4 Å². The standard InChI is InChI=1S/C14H23N5O2S/c1-9-6-4-5-7-11(9)15-13(21)16-12(20)8-22-14-18-17-10(2)19(14)3/h9,11H,4-8H2,1-3H3,(H2,15,16,20,21)/t9-,11+/m0/s1. The van der Waals surface area contributed by atoms with Gasteiger partial charge in [0.05, 0.1) is 5.75 Å². The molecular weight excluding hydrogens is 302 g/mol. The van der Waals surface area contributed by atoms with Gasteiger partial charge in [0.15, 0.2) is 5.16 Å². The number of urea groups is 1. The van der Waals surface area contributed by atoms with Crippen molar-refractivity contribution in [2.24, 2.45) is 13.0 Å². The molecule has 8 heteroatoms. The fourth-order valence-corrected chi connectivity index (χ4v) is 3.30. The number of carbonyl (C=O) groups is 2. The monoisotopic (exact) mass is 325 g/mol. The summed E-state index contributed by atoms with van der Waals surface area (Å²) in [6.45, 7) is 3.98. The van der Waals surface area contributed by atoms with Gasteiger partial charge in [-0.05, 0) is 25.7 Å². The average molecular weight is 325 g/mol. The minimum atomic E-state index is -0.404. The van der Waals surface area contributed by atoms with Gasteiger partial charge in [-0.3, -0.25) is 10.1 Å². The zero-order valence-electron chi connectivity index (χ0n) is 13.3. The maximum absolute atomic E-state index is 11.9. The first-order valence-electron chi connectivity index (χ1n) is 7.56. The van der Waals surface area contributed by atoms with Gasteiger partial charge in [0.2, 0.25) is 5.91 Å². The van der Waals surface area contributed by atoms with Crippen molar-refractivity contribution in [1.29, 1.82) is 0 Å². The maximum Gasteiger partial charge on any atom is 0.321 e. The van der Waals surface area contributed by atoms with Crippen LogP contribution in [-0.2, 0) is 11.8 Å². The summed E-state index contributed by atoms with van der Waals surface area (Å²) in [5.74, 6) is 1.06. The van der Waals surface area contributed by atoms with Crippen LogP contribution >= 0.6 is 11.8 Å². The van der Waals surface area contributed by atoms with Crippen LogP contribution in [0.3, 0.4) is 0 Å². The predicted octanol–water partition coefficient (Wildman–Crippen LogP) is 1.62. The van der Waals surface area contributed by atoms with Gasteiger partial charge < -0.3 is 9.88 Å². The molecule has 0 spiro atoms. The van der Waals surface area contributed by atoms with Crippen molar-refractivity contribution in [2.75, 3.05) is 5.75 Å². The number of nitrogens with one attached hydrogen (secondary N) is 2. The third kappa shape index (κ3) is 4.46. The van der Waals surface area contributed by atoms with E-state index in [9.17, 15) is 9.59 Å². The molecule has 2 atom stereocenters. The Morgan fingerprint density at radius 1 is 1.32 bits per heavy atom. The highest BCUT2D eigenvalue weighted by Crippen LogP contribution is 2.23. The number of rotatable bonds is 4. The second-order valence-electron chi connectivity index (χ2n) is 5.77. The van der Waals surface area contributed by atoms with Crippen molar-refractivity contribution in [2.45, 2.75) is 50.7 Å². The third-order valence-corrected chi connectivity index (χ3v) is 5.09. The molecule has 0 radical (unpaired) electrons. The van der Waals surface area contributed by atoms with Gasteiger partial charge >= 0.3 is 6.03 Å². The highest BCUT2D eigenvalue weighted by molar-refractivity contribution is 7.99. The minimum absolute atomic E-state index is 0.139. The molecule has 22 heavy (non-hydrogen) atoms. The van der Waals surface area contributed by atoms with E-state index in [2.05, 4.69) is 27.8 Å². The number of nitrogens with zero attached hydrogens (tertiary/aromatic N) is 3. The highest BCUT2D eigenvalue weighted by Gasteiger charge is 2.23. The molecule has 0 unspecified atom stereocenters. The summed E-state index contributed by atoms with van der Waals surface area (Å²) in [5, 5.41) is 13.8. The number of hydrogen-bond donors (Lipinski definition) is 2. The molecule has 1 aliphatic rings. The Kier molecular flexibility index (Phi) is 5.82. The number of aromatic nitrogens is 3. The number of imide groups is 1. The lowest BCUT2D eigenvalue weighted by atomic mass is 9.86. The Morgan fingerprint density at radius 2 is 2.05 bits per heavy atom. The molecule has 0 aliphatic heterocycles. The van der Waals surface area contributed by atoms with E-state index in [1.54, 1.807) is 0 Å². The van der Waals surface area contributed by atoms with Gasteiger partial charge in [-0.2, -0.15) is 0 Å². The lowest BCUT2D eigenvalue weighted by molar-refractivity contribution is -0.117. The summed E-state index contributed by atoms with van der Waals surface area (Å²) in [4.78, 5) is 23.7. The molecule has 122 valence electrons. The van der Waals surface area contributed by atoms with Gasteiger partial charge in [-0.1, -0.05) is 31.5 Å². The second kappa shape index (κ2) is 7.62. The molecule has 0 bridgehead atoms. The first-order valence-corrected chi connectivity index (χ1v) is 8.55. The zero-order valence-corrected chi connectivity index (χ0v) is 14.1. The normalized spacial score (nSPS) is 21.4. The van der Waals surface area contributed by atoms with Crippen molar-refractivity contribution < 1.29 is 9.59 Å². The smallest absolute Gasteiger partial charge is 0.321 e. The van der Waals surface area contributed by atoms with Crippen LogP contribution in [0.15, 0.2) is 5.16 Å². The van der Waals surface area contributed by atoms with Gasteiger partial charge in [-0.15, -0.1) is 10.2 Å². The Balaban J connectivity index is 1.74. The SMILES string of the molecule is Cc1nnc(SCC(=O)NC(=O)N[C@@H]2CCCC[C@@H]2C)n1C. The first kappa shape index (κ1) is 16.8. The molecular formula is C14H23N5O2S. The van der Waals surface area contributed by atoms with E-state index in [-0.39, 0.29) is 17.7 Å². The molecule has 3 amide bonds. The topological polar surface area (TPSA) is 88.9 Å². The number of carbonyl (C=O) groups excluding carboxylic acids is 2. The van der Waals surface area contributed by atoms with Crippen molar-refractivity contribution >= 4 is 23.7 Å². The van der Waals surface area contributed by atoms with E-state index < -0.39 is 6.03 Å². The van der Waals surface area contributed by atoms with Gasteiger partial charge in [-0.25, -0.2) is 4.79 Å². The Morgan fingerprint density at radius 3 is 2.68 bits per heavy atom. The summed E-state index contributed by atoms with van der Waals surface area (Å²) >= 11 is 1.26. The van der Waals surface area contributed by atoms with Crippen molar-refractivity contribution in [3.05, 3.63) is 5.82 Å². The van der Waals surface area contributed by atoms with Crippen molar-refractivity contribution in [3.8, 4) is 0 Å². The first-order chi connectivity index (χ1) is 10.5. The highest BCUT2D eigenvalue weighted by atomic mass is 32.2. The molecule has 0 aromatic carbocycles. The van der Waals surface area contributed by atoms with E-state index in [1.165, 1.54) is 18.2 Å². The summed E-state index contributed by atoms with van der Waals surface area (Å²) in [6.07, 6.45) is 4.45. The van der Waals surface area contributed by atoms with Crippen LogP contribution in [-0.4, -0.2) is 38.5 Å². The molecule has 2 N–H and O–H groups in total. The quantitative estimate of drug-likeness (QED) is 0.821. The van der Waals surface area contributed by atoms with Crippen LogP contribution in [0, 0.1) is 12.8 Å². The van der Waals surface area contributed by atoms with Crippen molar-refractivity contribution in [3.63, 3.8) is 0 Å². The maximum atomic E-state index is 11.9. The Bertz CT molecular complexity index is 545. The summed E-state index contributed by atoms with van der Waals surface area (Å²) in [6, 6.07) is -0.242. The van der Waals surface area contributed by atoms with E-state index >= 15 is 0 Å². The van der Waals surface area contributed by atoms with Crippen LogP contribution in [0.2, 0.25) is 0 Å². The van der Waals surface area contributed by atoms with E-state index in [4.69, 9.17) is 0 Å². The third-order valence-electron chi connectivity index (χ3n) is 4.07. The molecule has 2 rings (SSSR count). The summed E-state index contributed by atoms with van der Waals surface area (Å²) in [5.41, 5.74) is 0. The van der Waals surface area contributed by atoms with Gasteiger partial charge in [0.1, 0.15) is 5.82 Å². The number of amides is 3. The van der Waals surface area contributed by atoms with Crippen LogP contribution < -0.4 is 10.6 Å². The molecule has 1 saturated carbocycles. The largest absolute Gasteiger partial charge is 0.335 e. The van der Waals surface area contributed by atoms with Crippen LogP contribution in [0.5, 0.6) is 0 Å². The lowest BCUT2D eigenvalue weighted by Crippen LogP contribution is -2.48. The van der Waals surface area contributed by atoms with E-state index in [0.717, 1.165) is 25.1 Å². The van der Waals surface area contributed by atoms with E-state index in [0.29, 0.717) is 11.1 Å². The second-order valence-corrected chi connectivity index (χ2v) is 6.71. The number of thioether (sulfide) groups is 1. The Labute approximate surface area is 134 Å². The van der Waals surface area contributed by atoms with E-state index in [1.807, 2.05) is 18.5 Å². The fraction of sp³-hybridized carbons (Fsp3) is 0.714. The molecule has 1 aromatic heterocycles. The molecule has 7 nitrogen and oxygen atoms in total. The van der Waals surface area contributed by atoms with Crippen molar-refractivity contribution in [1.82, 2.24) is 25.4 Å². The summed E-state index contributed by atoms with van der Waals surface area (Å²) < 4.78 is 1.81. The zero-order chi connectivity index (χ0) is 16.1. The fourth-order valence-electron chi connectivity index (χ4n) is 2.54. The average Bonchev–Trinajstić information content (AvgIpc) is 2.79. The van der Waals surface area contributed by atoms with Gasteiger partial charge in [0, 0.05) is 13.1 Å². The van der Waals surface area contributed by atoms with Crippen LogP contribution in [0.4, 0.5) is 4.79 Å². The predicted molar refractivity (Wildman–Crippen MR) is 84.6 cm³/mol. The lowest BCUT2D eigenvalue weighted by Gasteiger charge is -2.29. The molecule has 1 heterocycles. The number of hydrogen-bond acceptors (Lipinski definition) is 5. The summed E-state index contributed by atoms with van der Waals surface area (Å²) in [7, 11) is 1.84. The Hall–Kier alpha value is -1.57. The van der Waals surface area contributed by atoms with Crippen LogP contribution in [0.25, 0.3) is 0 Å². The minimum Gasteiger partial charge on any atom is -0.335 e. The molecule has 1 aromatic rings. The molecule has 1 fully saturated rings. The van der Waals surface area contributed by atoms with Gasteiger partial charge in [0.25, 0.3) is 0 Å². The molecule has 1 aliphatic carbocycles. The molecule has 0 saturated heterocycles.